The smallest absolute Gasteiger partial charge is 0.0507 e. The Morgan fingerprint density at radius 3 is 3.00 bits per heavy atom. The zero-order chi connectivity index (χ0) is 9.52. The van der Waals surface area contributed by atoms with E-state index < -0.39 is 0 Å². The zero-order valence-electron chi connectivity index (χ0n) is 8.81. The first-order chi connectivity index (χ1) is 6.33. The molecule has 0 aliphatic carbocycles. The quantitative estimate of drug-likeness (QED) is 0.637. The lowest BCUT2D eigenvalue weighted by Gasteiger charge is -2.16. The van der Waals surface area contributed by atoms with Crippen molar-refractivity contribution in [2.45, 2.75) is 26.3 Å². The molecular weight excluding hydrogens is 164 g/mol. The summed E-state index contributed by atoms with van der Waals surface area (Å²) in [5.74, 6) is 0.740. The molecule has 2 atom stereocenters. The van der Waals surface area contributed by atoms with Crippen molar-refractivity contribution in [2.24, 2.45) is 5.92 Å². The van der Waals surface area contributed by atoms with E-state index in [4.69, 9.17) is 4.74 Å². The molecule has 3 heteroatoms. The molecule has 0 aromatic rings. The molecule has 0 bridgehead atoms. The highest BCUT2D eigenvalue weighted by atomic mass is 16.5. The van der Waals surface area contributed by atoms with Crippen molar-refractivity contribution in [2.75, 3.05) is 32.8 Å². The molecule has 0 radical (unpaired) electrons. The molecule has 13 heavy (non-hydrogen) atoms. The Morgan fingerprint density at radius 1 is 1.54 bits per heavy atom. The molecule has 0 aromatic carbocycles. The second kappa shape index (κ2) is 6.35. The van der Waals surface area contributed by atoms with E-state index in [2.05, 4.69) is 24.5 Å². The molecule has 78 valence electrons. The highest BCUT2D eigenvalue weighted by molar-refractivity contribution is 4.70. The monoisotopic (exact) mass is 186 g/mol. The number of hydrogen-bond donors (Lipinski definition) is 2. The van der Waals surface area contributed by atoms with E-state index in [9.17, 15) is 0 Å². The van der Waals surface area contributed by atoms with E-state index in [1.807, 2.05) is 0 Å². The van der Waals surface area contributed by atoms with Crippen LogP contribution in [0.2, 0.25) is 0 Å². The molecular formula is C10H22N2O. The predicted octanol–water partition coefficient (Wildman–Crippen LogP) is 0.610. The van der Waals surface area contributed by atoms with E-state index in [1.54, 1.807) is 0 Å². The summed E-state index contributed by atoms with van der Waals surface area (Å²) < 4.78 is 5.31. The Kier molecular flexibility index (Phi) is 5.35. The van der Waals surface area contributed by atoms with Gasteiger partial charge < -0.3 is 15.4 Å². The summed E-state index contributed by atoms with van der Waals surface area (Å²) in [5, 5.41) is 6.85. The van der Waals surface area contributed by atoms with Crippen LogP contribution in [0.5, 0.6) is 0 Å². The van der Waals surface area contributed by atoms with Gasteiger partial charge in [-0.2, -0.15) is 0 Å². The van der Waals surface area contributed by atoms with Crippen LogP contribution >= 0.6 is 0 Å². The van der Waals surface area contributed by atoms with Crippen molar-refractivity contribution in [3.05, 3.63) is 0 Å². The average Bonchev–Trinajstić information content (AvgIpc) is 2.64. The topological polar surface area (TPSA) is 33.3 Å². The van der Waals surface area contributed by atoms with Crippen LogP contribution in [-0.2, 0) is 4.74 Å². The molecule has 1 heterocycles. The summed E-state index contributed by atoms with van der Waals surface area (Å²) in [6.07, 6.45) is 1.22. The van der Waals surface area contributed by atoms with Gasteiger partial charge in [-0.25, -0.2) is 0 Å². The molecule has 0 amide bonds. The average molecular weight is 186 g/mol. The molecule has 0 aromatic heterocycles. The van der Waals surface area contributed by atoms with Gasteiger partial charge in [-0.3, -0.25) is 0 Å². The second-order valence-electron chi connectivity index (χ2n) is 3.85. The van der Waals surface area contributed by atoms with Crippen LogP contribution in [-0.4, -0.2) is 38.9 Å². The Balaban J connectivity index is 1.97. The predicted molar refractivity (Wildman–Crippen MR) is 54.9 cm³/mol. The fourth-order valence-electron chi connectivity index (χ4n) is 1.55. The van der Waals surface area contributed by atoms with Gasteiger partial charge in [0.2, 0.25) is 0 Å². The van der Waals surface area contributed by atoms with Gasteiger partial charge in [0.1, 0.15) is 0 Å². The summed E-state index contributed by atoms with van der Waals surface area (Å²) in [6, 6.07) is 0.570. The van der Waals surface area contributed by atoms with Crippen molar-refractivity contribution in [1.29, 1.82) is 0 Å². The fourth-order valence-corrected chi connectivity index (χ4v) is 1.55. The lowest BCUT2D eigenvalue weighted by Crippen LogP contribution is -2.38. The fraction of sp³-hybridized carbons (Fsp3) is 1.00. The van der Waals surface area contributed by atoms with Crippen LogP contribution in [0.4, 0.5) is 0 Å². The van der Waals surface area contributed by atoms with Crippen LogP contribution in [0.1, 0.15) is 20.3 Å². The Bertz CT molecular complexity index is 124. The van der Waals surface area contributed by atoms with Crippen molar-refractivity contribution in [3.63, 3.8) is 0 Å². The maximum absolute atomic E-state index is 5.31. The minimum atomic E-state index is 0.570. The van der Waals surface area contributed by atoms with Gasteiger partial charge >= 0.3 is 0 Å². The summed E-state index contributed by atoms with van der Waals surface area (Å²) in [7, 11) is 0. The van der Waals surface area contributed by atoms with Crippen LogP contribution in [0.3, 0.4) is 0 Å². The highest BCUT2D eigenvalue weighted by Crippen LogP contribution is 2.10. The Labute approximate surface area is 81.2 Å². The summed E-state index contributed by atoms with van der Waals surface area (Å²) in [4.78, 5) is 0. The third-order valence-electron chi connectivity index (χ3n) is 2.48. The maximum Gasteiger partial charge on any atom is 0.0507 e. The van der Waals surface area contributed by atoms with Crippen molar-refractivity contribution in [3.8, 4) is 0 Å². The first kappa shape index (κ1) is 11.0. The molecule has 2 N–H and O–H groups in total. The number of nitrogens with one attached hydrogen (secondary N) is 2. The number of likely N-dealkylation sites (N-methyl/N-ethyl adjacent to an activating group) is 1. The molecule has 3 nitrogen and oxygen atoms in total. The number of ether oxygens (including phenoxy) is 1. The standard InChI is InChI=1S/C10H22N2O/c1-3-11-6-9(2)12-7-10-4-5-13-8-10/h9-12H,3-8H2,1-2H3. The van der Waals surface area contributed by atoms with Gasteiger partial charge in [-0.1, -0.05) is 6.92 Å². The summed E-state index contributed by atoms with van der Waals surface area (Å²) in [5.41, 5.74) is 0. The van der Waals surface area contributed by atoms with E-state index in [-0.39, 0.29) is 0 Å². The van der Waals surface area contributed by atoms with Crippen molar-refractivity contribution >= 4 is 0 Å². The molecule has 2 unspecified atom stereocenters. The lowest BCUT2D eigenvalue weighted by molar-refractivity contribution is 0.184. The third-order valence-corrected chi connectivity index (χ3v) is 2.48. The molecule has 0 spiro atoms. The van der Waals surface area contributed by atoms with Gasteiger partial charge in [-0.15, -0.1) is 0 Å². The first-order valence-electron chi connectivity index (χ1n) is 5.34. The molecule has 1 saturated heterocycles. The van der Waals surface area contributed by atoms with Crippen LogP contribution in [0.25, 0.3) is 0 Å². The minimum Gasteiger partial charge on any atom is -0.381 e. The minimum absolute atomic E-state index is 0.570. The Morgan fingerprint density at radius 2 is 2.38 bits per heavy atom. The first-order valence-corrected chi connectivity index (χ1v) is 5.34. The molecule has 1 aliphatic rings. The summed E-state index contributed by atoms with van der Waals surface area (Å²) >= 11 is 0. The lowest BCUT2D eigenvalue weighted by atomic mass is 10.1. The molecule has 0 saturated carbocycles. The van der Waals surface area contributed by atoms with Crippen LogP contribution in [0.15, 0.2) is 0 Å². The number of hydrogen-bond acceptors (Lipinski definition) is 3. The normalized spacial score (nSPS) is 24.9. The van der Waals surface area contributed by atoms with Crippen molar-refractivity contribution < 1.29 is 4.74 Å². The van der Waals surface area contributed by atoms with Crippen LogP contribution < -0.4 is 10.6 Å². The highest BCUT2D eigenvalue weighted by Gasteiger charge is 2.15. The Hall–Kier alpha value is -0.120. The maximum atomic E-state index is 5.31. The van der Waals surface area contributed by atoms with Gasteiger partial charge in [0.15, 0.2) is 0 Å². The zero-order valence-corrected chi connectivity index (χ0v) is 8.81. The third kappa shape index (κ3) is 4.60. The summed E-state index contributed by atoms with van der Waals surface area (Å²) in [6.45, 7) is 9.47. The van der Waals surface area contributed by atoms with Gasteiger partial charge in [0, 0.05) is 25.7 Å². The van der Waals surface area contributed by atoms with E-state index >= 15 is 0 Å². The van der Waals surface area contributed by atoms with E-state index in [0.29, 0.717) is 6.04 Å². The molecule has 1 fully saturated rings. The van der Waals surface area contributed by atoms with Crippen LogP contribution in [0, 0.1) is 5.92 Å². The SMILES string of the molecule is CCNCC(C)NCC1CCOC1. The molecule has 1 aliphatic heterocycles. The van der Waals surface area contributed by atoms with Gasteiger partial charge in [0.25, 0.3) is 0 Å². The van der Waals surface area contributed by atoms with E-state index in [0.717, 1.165) is 38.8 Å². The molecule has 1 rings (SSSR count). The van der Waals surface area contributed by atoms with Crippen molar-refractivity contribution in [1.82, 2.24) is 10.6 Å². The van der Waals surface area contributed by atoms with Gasteiger partial charge in [0.05, 0.1) is 6.61 Å². The van der Waals surface area contributed by atoms with Gasteiger partial charge in [-0.05, 0) is 25.8 Å². The van der Waals surface area contributed by atoms with E-state index in [1.165, 1.54) is 6.42 Å². The largest absolute Gasteiger partial charge is 0.381 e. The number of rotatable bonds is 6. The second-order valence-corrected chi connectivity index (χ2v) is 3.85.